The quantitative estimate of drug-likeness (QED) is 0.586. The molecule has 2 rings (SSSR count). The van der Waals surface area contributed by atoms with Gasteiger partial charge in [0.15, 0.2) is 0 Å². The molecule has 0 atom stereocenters. The fraction of sp³-hybridized carbons (Fsp3) is 0.300. The first-order valence-corrected chi connectivity index (χ1v) is 3.99. The molecule has 57 valence electrons. The van der Waals surface area contributed by atoms with Crippen LogP contribution in [0.1, 0.15) is 5.56 Å². The van der Waals surface area contributed by atoms with Crippen molar-refractivity contribution in [1.29, 1.82) is 0 Å². The SMILES string of the molecule is Cc1cccc(N2C[CH]C2)c1. The van der Waals surface area contributed by atoms with E-state index in [0.717, 1.165) is 13.1 Å². The van der Waals surface area contributed by atoms with Crippen molar-refractivity contribution in [3.63, 3.8) is 0 Å². The topological polar surface area (TPSA) is 3.24 Å². The number of nitrogens with zero attached hydrogens (tertiary/aromatic N) is 1. The van der Waals surface area contributed by atoms with Crippen LogP contribution in [0.2, 0.25) is 0 Å². The molecule has 0 aliphatic carbocycles. The van der Waals surface area contributed by atoms with Crippen LogP contribution >= 0.6 is 0 Å². The van der Waals surface area contributed by atoms with E-state index >= 15 is 0 Å². The van der Waals surface area contributed by atoms with Crippen molar-refractivity contribution in [3.8, 4) is 0 Å². The Kier molecular flexibility index (Phi) is 1.57. The summed E-state index contributed by atoms with van der Waals surface area (Å²) in [5.74, 6) is 0. The lowest BCUT2D eigenvalue weighted by Crippen LogP contribution is -2.37. The molecule has 0 unspecified atom stereocenters. The number of rotatable bonds is 1. The van der Waals surface area contributed by atoms with Crippen LogP contribution in [0.3, 0.4) is 0 Å². The maximum absolute atomic E-state index is 2.35. The minimum absolute atomic E-state index is 1.11. The maximum Gasteiger partial charge on any atom is 0.0369 e. The zero-order valence-electron chi connectivity index (χ0n) is 6.75. The van der Waals surface area contributed by atoms with Gasteiger partial charge in [0.25, 0.3) is 0 Å². The predicted octanol–water partition coefficient (Wildman–Crippen LogP) is 2.02. The number of aryl methyl sites for hydroxylation is 1. The van der Waals surface area contributed by atoms with E-state index in [4.69, 9.17) is 0 Å². The summed E-state index contributed by atoms with van der Waals surface area (Å²) >= 11 is 0. The second kappa shape index (κ2) is 2.57. The van der Waals surface area contributed by atoms with E-state index in [1.807, 2.05) is 0 Å². The van der Waals surface area contributed by atoms with Gasteiger partial charge in [0, 0.05) is 25.2 Å². The van der Waals surface area contributed by atoms with E-state index in [1.54, 1.807) is 0 Å². The Hall–Kier alpha value is -0.980. The van der Waals surface area contributed by atoms with Gasteiger partial charge in [-0.05, 0) is 24.6 Å². The number of benzene rings is 1. The van der Waals surface area contributed by atoms with Gasteiger partial charge in [0.05, 0.1) is 0 Å². The molecule has 1 nitrogen and oxygen atoms in total. The summed E-state index contributed by atoms with van der Waals surface area (Å²) < 4.78 is 0. The minimum atomic E-state index is 1.11. The smallest absolute Gasteiger partial charge is 0.0369 e. The number of hydrogen-bond acceptors (Lipinski definition) is 1. The van der Waals surface area contributed by atoms with Gasteiger partial charge in [0.1, 0.15) is 0 Å². The lowest BCUT2D eigenvalue weighted by Gasteiger charge is -2.32. The van der Waals surface area contributed by atoms with Gasteiger partial charge < -0.3 is 4.90 Å². The summed E-state index contributed by atoms with van der Waals surface area (Å²) in [6, 6.07) is 8.64. The van der Waals surface area contributed by atoms with Crippen LogP contribution in [-0.4, -0.2) is 13.1 Å². The molecule has 1 aromatic carbocycles. The van der Waals surface area contributed by atoms with Crippen LogP contribution < -0.4 is 4.90 Å². The molecule has 11 heavy (non-hydrogen) atoms. The molecular formula is C10H12N. The fourth-order valence-electron chi connectivity index (χ4n) is 1.29. The molecule has 1 aliphatic rings. The highest BCUT2D eigenvalue weighted by molar-refractivity contribution is 5.51. The molecule has 1 heteroatoms. The standard InChI is InChI=1S/C10H12N/c1-9-4-2-5-10(8-9)11-6-3-7-11/h2-5,8H,6-7H2,1H3. The molecule has 0 spiro atoms. The van der Waals surface area contributed by atoms with Crippen molar-refractivity contribution in [3.05, 3.63) is 36.2 Å². The van der Waals surface area contributed by atoms with Crippen LogP contribution in [0.5, 0.6) is 0 Å². The third-order valence-electron chi connectivity index (χ3n) is 2.07. The van der Waals surface area contributed by atoms with Crippen molar-refractivity contribution in [2.75, 3.05) is 18.0 Å². The molecule has 1 aliphatic heterocycles. The molecule has 0 amide bonds. The monoisotopic (exact) mass is 146 g/mol. The minimum Gasteiger partial charge on any atom is -0.371 e. The lowest BCUT2D eigenvalue weighted by atomic mass is 10.1. The lowest BCUT2D eigenvalue weighted by molar-refractivity contribution is 0.763. The highest BCUT2D eigenvalue weighted by Crippen LogP contribution is 2.20. The molecule has 1 saturated heterocycles. The number of hydrogen-bond donors (Lipinski definition) is 0. The first-order valence-electron chi connectivity index (χ1n) is 3.99. The van der Waals surface area contributed by atoms with Crippen LogP contribution in [0, 0.1) is 13.3 Å². The Morgan fingerprint density at radius 3 is 2.64 bits per heavy atom. The molecule has 0 N–H and O–H groups in total. The van der Waals surface area contributed by atoms with E-state index in [-0.39, 0.29) is 0 Å². The second-order valence-corrected chi connectivity index (χ2v) is 3.03. The second-order valence-electron chi connectivity index (χ2n) is 3.03. The Labute approximate surface area is 67.6 Å². The summed E-state index contributed by atoms with van der Waals surface area (Å²) in [4.78, 5) is 2.35. The maximum atomic E-state index is 2.35. The van der Waals surface area contributed by atoms with Gasteiger partial charge in [-0.3, -0.25) is 0 Å². The van der Waals surface area contributed by atoms with Crippen molar-refractivity contribution < 1.29 is 0 Å². The number of anilines is 1. The molecule has 1 fully saturated rings. The summed E-state index contributed by atoms with van der Waals surface area (Å²) in [6.45, 7) is 4.36. The van der Waals surface area contributed by atoms with Crippen LogP contribution in [0.4, 0.5) is 5.69 Å². The van der Waals surface area contributed by atoms with Crippen molar-refractivity contribution in [1.82, 2.24) is 0 Å². The van der Waals surface area contributed by atoms with Crippen molar-refractivity contribution in [2.24, 2.45) is 0 Å². The highest BCUT2D eigenvalue weighted by atomic mass is 15.2. The van der Waals surface area contributed by atoms with Gasteiger partial charge in [-0.15, -0.1) is 0 Å². The van der Waals surface area contributed by atoms with Crippen LogP contribution in [0.15, 0.2) is 24.3 Å². The van der Waals surface area contributed by atoms with Crippen LogP contribution in [0.25, 0.3) is 0 Å². The van der Waals surface area contributed by atoms with Gasteiger partial charge in [-0.1, -0.05) is 12.1 Å². The fourth-order valence-corrected chi connectivity index (χ4v) is 1.29. The zero-order chi connectivity index (χ0) is 7.68. The first kappa shape index (κ1) is 6.71. The highest BCUT2D eigenvalue weighted by Gasteiger charge is 2.13. The van der Waals surface area contributed by atoms with Gasteiger partial charge in [-0.2, -0.15) is 0 Å². The molecule has 0 saturated carbocycles. The molecule has 1 heterocycles. The Bertz CT molecular complexity index is 251. The van der Waals surface area contributed by atoms with Gasteiger partial charge in [-0.25, -0.2) is 0 Å². The summed E-state index contributed by atoms with van der Waals surface area (Å²) in [7, 11) is 0. The van der Waals surface area contributed by atoms with Crippen LogP contribution in [-0.2, 0) is 0 Å². The van der Waals surface area contributed by atoms with E-state index in [0.29, 0.717) is 0 Å². The van der Waals surface area contributed by atoms with Gasteiger partial charge >= 0.3 is 0 Å². The predicted molar refractivity (Wildman–Crippen MR) is 47.7 cm³/mol. The molecule has 1 aromatic rings. The Morgan fingerprint density at radius 2 is 2.09 bits per heavy atom. The average Bonchev–Trinajstić information content (AvgIpc) is 1.83. The van der Waals surface area contributed by atoms with Gasteiger partial charge in [0.2, 0.25) is 0 Å². The molecule has 0 bridgehead atoms. The summed E-state index contributed by atoms with van der Waals surface area (Å²) in [6.07, 6.45) is 2.28. The summed E-state index contributed by atoms with van der Waals surface area (Å²) in [5, 5.41) is 0. The molecule has 1 radical (unpaired) electrons. The van der Waals surface area contributed by atoms with E-state index < -0.39 is 0 Å². The molecular weight excluding hydrogens is 134 g/mol. The van der Waals surface area contributed by atoms with Crippen molar-refractivity contribution in [2.45, 2.75) is 6.92 Å². The normalized spacial score (nSPS) is 16.3. The zero-order valence-corrected chi connectivity index (χ0v) is 6.75. The van der Waals surface area contributed by atoms with E-state index in [2.05, 4.69) is 42.5 Å². The summed E-state index contributed by atoms with van der Waals surface area (Å²) in [5.41, 5.74) is 2.70. The molecule has 0 aromatic heterocycles. The average molecular weight is 146 g/mol. The van der Waals surface area contributed by atoms with E-state index in [1.165, 1.54) is 11.3 Å². The third-order valence-corrected chi connectivity index (χ3v) is 2.07. The van der Waals surface area contributed by atoms with E-state index in [9.17, 15) is 0 Å². The Morgan fingerprint density at radius 1 is 1.27 bits per heavy atom. The van der Waals surface area contributed by atoms with Crippen molar-refractivity contribution >= 4 is 5.69 Å². The first-order chi connectivity index (χ1) is 5.36. The Balaban J connectivity index is 2.23. The largest absolute Gasteiger partial charge is 0.371 e. The third kappa shape index (κ3) is 1.23.